The number of thiol groups is 1. The van der Waals surface area contributed by atoms with Crippen molar-refractivity contribution >= 4 is 30.6 Å². The smallest absolute Gasteiger partial charge is 0.408 e. The molecule has 2 atom stereocenters. The first-order valence-corrected chi connectivity index (χ1v) is 8.90. The molecule has 1 aliphatic rings. The quantitative estimate of drug-likeness (QED) is 0.432. The van der Waals surface area contributed by atoms with E-state index in [1.54, 1.807) is 52.1 Å². The van der Waals surface area contributed by atoms with Crippen molar-refractivity contribution in [2.45, 2.75) is 44.4 Å². The molecule has 0 spiro atoms. The van der Waals surface area contributed by atoms with Crippen LogP contribution in [0, 0.1) is 0 Å². The van der Waals surface area contributed by atoms with E-state index in [0.717, 1.165) is 5.56 Å². The molecule has 2 amide bonds. The fourth-order valence-corrected chi connectivity index (χ4v) is 2.59. The minimum Gasteiger partial charge on any atom is -0.497 e. The van der Waals surface area contributed by atoms with E-state index < -0.39 is 35.0 Å². The summed E-state index contributed by atoms with van der Waals surface area (Å²) < 4.78 is 15.3. The third kappa shape index (κ3) is 5.78. The number of methoxy groups -OCH3 is 1. The highest BCUT2D eigenvalue weighted by Gasteiger charge is 2.44. The molecule has 0 aliphatic carbocycles. The lowest BCUT2D eigenvalue weighted by Crippen LogP contribution is -2.67. The Hall–Kier alpha value is -2.42. The van der Waals surface area contributed by atoms with Gasteiger partial charge in [0.15, 0.2) is 5.37 Å². The van der Waals surface area contributed by atoms with Crippen molar-refractivity contribution in [1.29, 1.82) is 0 Å². The van der Waals surface area contributed by atoms with Gasteiger partial charge in [0.2, 0.25) is 5.91 Å². The number of benzene rings is 1. The monoisotopic (exact) mass is 396 g/mol. The van der Waals surface area contributed by atoms with Crippen LogP contribution in [0.5, 0.6) is 5.75 Å². The zero-order valence-corrected chi connectivity index (χ0v) is 16.6. The number of β-lactam (4-membered cyclic amide) rings is 1. The van der Waals surface area contributed by atoms with Crippen LogP contribution in [0.15, 0.2) is 24.3 Å². The first-order valence-electron chi connectivity index (χ1n) is 8.38. The summed E-state index contributed by atoms with van der Waals surface area (Å²) in [5, 5.41) is 1.43. The van der Waals surface area contributed by atoms with Gasteiger partial charge in [-0.2, -0.15) is 0 Å². The largest absolute Gasteiger partial charge is 0.497 e. The topological polar surface area (TPSA) is 94.2 Å². The number of amides is 2. The Labute approximate surface area is 163 Å². The number of hydrogen-bond acceptors (Lipinski definition) is 7. The van der Waals surface area contributed by atoms with Gasteiger partial charge in [0.05, 0.1) is 13.7 Å². The van der Waals surface area contributed by atoms with Gasteiger partial charge in [-0.05, 0) is 38.5 Å². The molecule has 0 aromatic heterocycles. The number of ether oxygens (including phenoxy) is 3. The van der Waals surface area contributed by atoms with Gasteiger partial charge in [0, 0.05) is 0 Å². The molecule has 1 aromatic carbocycles. The average Bonchev–Trinajstić information content (AvgIpc) is 2.60. The number of esters is 1. The van der Waals surface area contributed by atoms with E-state index in [9.17, 15) is 14.4 Å². The molecule has 0 radical (unpaired) electrons. The van der Waals surface area contributed by atoms with E-state index in [-0.39, 0.29) is 13.2 Å². The number of alkyl carbamates (subject to hydrolysis) is 1. The Morgan fingerprint density at radius 2 is 1.93 bits per heavy atom. The number of hydrogen-bond donors (Lipinski definition) is 2. The number of carbonyl (C=O) groups is 3. The van der Waals surface area contributed by atoms with Crippen molar-refractivity contribution in [2.75, 3.05) is 13.7 Å². The molecule has 8 nitrogen and oxygen atoms in total. The second kappa shape index (κ2) is 8.51. The Bertz CT molecular complexity index is 701. The Kier molecular flexibility index (Phi) is 6.59. The van der Waals surface area contributed by atoms with E-state index in [1.807, 2.05) is 0 Å². The number of nitrogens with one attached hydrogen (secondary N) is 1. The van der Waals surface area contributed by atoms with Gasteiger partial charge in [-0.25, -0.2) is 9.59 Å². The lowest BCUT2D eigenvalue weighted by atomic mass is 10.1. The summed E-state index contributed by atoms with van der Waals surface area (Å²) in [5.74, 6) is -0.354. The number of rotatable bonds is 6. The summed E-state index contributed by atoms with van der Waals surface area (Å²) in [6.45, 7) is 5.39. The summed E-state index contributed by atoms with van der Waals surface area (Å²) in [7, 11) is 1.57. The summed E-state index contributed by atoms with van der Waals surface area (Å²) in [6, 6.07) is 6.33. The first-order chi connectivity index (χ1) is 12.6. The summed E-state index contributed by atoms with van der Waals surface area (Å²) in [4.78, 5) is 37.2. The maximum Gasteiger partial charge on any atom is 0.408 e. The molecule has 0 bridgehead atoms. The molecular weight excluding hydrogens is 372 g/mol. The van der Waals surface area contributed by atoms with Crippen LogP contribution in [0.4, 0.5) is 4.79 Å². The molecule has 2 rings (SSSR count). The lowest BCUT2D eigenvalue weighted by Gasteiger charge is -2.40. The van der Waals surface area contributed by atoms with Crippen LogP contribution in [0.25, 0.3) is 0 Å². The van der Waals surface area contributed by atoms with Crippen LogP contribution in [-0.2, 0) is 25.7 Å². The van der Waals surface area contributed by atoms with Crippen LogP contribution < -0.4 is 10.1 Å². The predicted molar refractivity (Wildman–Crippen MR) is 100 cm³/mol. The maximum atomic E-state index is 12.1. The number of carbonyl (C=O) groups excluding carboxylic acids is 3. The molecule has 1 N–H and O–H groups in total. The second-order valence-corrected chi connectivity index (χ2v) is 7.51. The van der Waals surface area contributed by atoms with Gasteiger partial charge >= 0.3 is 12.1 Å². The molecule has 1 aliphatic heterocycles. The van der Waals surface area contributed by atoms with Gasteiger partial charge in [0.25, 0.3) is 0 Å². The van der Waals surface area contributed by atoms with E-state index in [4.69, 9.17) is 14.2 Å². The normalized spacial score (nSPS) is 17.6. The lowest BCUT2D eigenvalue weighted by molar-refractivity contribution is -0.158. The van der Waals surface area contributed by atoms with Gasteiger partial charge in [-0.3, -0.25) is 4.79 Å². The highest BCUT2D eigenvalue weighted by molar-refractivity contribution is 7.81. The Balaban J connectivity index is 1.78. The first kappa shape index (κ1) is 20.9. The molecule has 1 aromatic rings. The molecule has 0 saturated carbocycles. The van der Waals surface area contributed by atoms with Crippen LogP contribution in [0.3, 0.4) is 0 Å². The van der Waals surface area contributed by atoms with Crippen LogP contribution in [0.2, 0.25) is 0 Å². The summed E-state index contributed by atoms with van der Waals surface area (Å²) >= 11 is 4.16. The SMILES string of the molecule is COc1ccc(COC(=O)C(S)N2C[C@H](NC(=O)OC(C)(C)C)C2=O)cc1. The highest BCUT2D eigenvalue weighted by atomic mass is 32.1. The van der Waals surface area contributed by atoms with Crippen molar-refractivity contribution in [2.24, 2.45) is 0 Å². The molecule has 9 heteroatoms. The summed E-state index contributed by atoms with van der Waals surface area (Å²) in [6.07, 6.45) is -0.682. The fourth-order valence-electron chi connectivity index (χ4n) is 2.31. The fraction of sp³-hybridized carbons (Fsp3) is 0.500. The van der Waals surface area contributed by atoms with E-state index in [1.165, 1.54) is 4.90 Å². The zero-order chi connectivity index (χ0) is 20.2. The number of likely N-dealkylation sites (tertiary alicyclic amines) is 1. The number of nitrogens with zero attached hydrogens (tertiary/aromatic N) is 1. The second-order valence-electron chi connectivity index (χ2n) is 7.02. The minimum atomic E-state index is -1.03. The minimum absolute atomic E-state index is 0.0570. The Morgan fingerprint density at radius 3 is 2.44 bits per heavy atom. The van der Waals surface area contributed by atoms with Gasteiger partial charge in [-0.15, -0.1) is 12.6 Å². The molecular formula is C18H24N2O6S. The van der Waals surface area contributed by atoms with Crippen LogP contribution in [0.1, 0.15) is 26.3 Å². The van der Waals surface area contributed by atoms with Crippen LogP contribution >= 0.6 is 12.6 Å². The van der Waals surface area contributed by atoms with Crippen molar-refractivity contribution in [3.8, 4) is 5.75 Å². The highest BCUT2D eigenvalue weighted by Crippen LogP contribution is 2.20. The van der Waals surface area contributed by atoms with Gasteiger partial charge < -0.3 is 24.4 Å². The van der Waals surface area contributed by atoms with Crippen molar-refractivity contribution in [1.82, 2.24) is 10.2 Å². The molecule has 148 valence electrons. The zero-order valence-electron chi connectivity index (χ0n) is 15.7. The third-order valence-electron chi connectivity index (χ3n) is 3.70. The molecule has 27 heavy (non-hydrogen) atoms. The average molecular weight is 396 g/mol. The molecule has 1 unspecified atom stereocenters. The third-order valence-corrected chi connectivity index (χ3v) is 4.19. The van der Waals surface area contributed by atoms with Crippen LogP contribution in [-0.4, -0.2) is 53.5 Å². The summed E-state index contributed by atoms with van der Waals surface area (Å²) in [5.41, 5.74) is 0.123. The maximum absolute atomic E-state index is 12.1. The van der Waals surface area contributed by atoms with E-state index in [2.05, 4.69) is 17.9 Å². The molecule has 1 saturated heterocycles. The Morgan fingerprint density at radius 1 is 1.30 bits per heavy atom. The van der Waals surface area contributed by atoms with Crippen molar-refractivity contribution < 1.29 is 28.6 Å². The van der Waals surface area contributed by atoms with Gasteiger partial charge in [0.1, 0.15) is 24.0 Å². The predicted octanol–water partition coefficient (Wildman–Crippen LogP) is 1.73. The van der Waals surface area contributed by atoms with Gasteiger partial charge in [-0.1, -0.05) is 12.1 Å². The van der Waals surface area contributed by atoms with Crippen molar-refractivity contribution in [3.05, 3.63) is 29.8 Å². The van der Waals surface area contributed by atoms with E-state index in [0.29, 0.717) is 5.75 Å². The molecule has 1 heterocycles. The standard InChI is InChI=1S/C18H24N2O6S/c1-18(2,3)26-17(23)19-13-9-20(14(13)21)15(27)16(22)25-10-11-5-7-12(24-4)8-6-11/h5-8,13,15,27H,9-10H2,1-4H3,(H,19,23)/t13-,15?/m0/s1. The van der Waals surface area contributed by atoms with Crippen molar-refractivity contribution in [3.63, 3.8) is 0 Å². The molecule has 1 fully saturated rings. The van der Waals surface area contributed by atoms with E-state index >= 15 is 0 Å².